The summed E-state index contributed by atoms with van der Waals surface area (Å²) < 4.78 is 28.3. The molecule has 8 heteroatoms. The van der Waals surface area contributed by atoms with Crippen LogP contribution in [0.4, 0.5) is 0 Å². The van der Waals surface area contributed by atoms with Crippen molar-refractivity contribution in [2.45, 2.75) is 29.9 Å². The molecule has 6 nitrogen and oxygen atoms in total. The largest absolute Gasteiger partial charge is 0.381 e. The highest BCUT2D eigenvalue weighted by molar-refractivity contribution is 9.10. The van der Waals surface area contributed by atoms with Gasteiger partial charge in [0.25, 0.3) is 5.91 Å². The Balaban J connectivity index is 2.12. The van der Waals surface area contributed by atoms with E-state index in [0.717, 1.165) is 12.8 Å². The average Bonchev–Trinajstić information content (AvgIpc) is 2.31. The van der Waals surface area contributed by atoms with Crippen LogP contribution in [-0.4, -0.2) is 33.6 Å². The van der Waals surface area contributed by atoms with Gasteiger partial charge in [-0.05, 0) is 31.0 Å². The lowest BCUT2D eigenvalue weighted by molar-refractivity contribution is 0.0176. The number of carbonyl (C=O) groups excluding carboxylic acids is 1. The van der Waals surface area contributed by atoms with Crippen molar-refractivity contribution < 1.29 is 17.9 Å². The van der Waals surface area contributed by atoms with Crippen molar-refractivity contribution in [3.05, 3.63) is 28.2 Å². The van der Waals surface area contributed by atoms with Gasteiger partial charge in [-0.25, -0.2) is 13.6 Å². The van der Waals surface area contributed by atoms with Gasteiger partial charge in [-0.3, -0.25) is 4.79 Å². The predicted octanol–water partition coefficient (Wildman–Crippen LogP) is 1.00. The van der Waals surface area contributed by atoms with Crippen LogP contribution in [-0.2, 0) is 14.8 Å². The van der Waals surface area contributed by atoms with E-state index < -0.39 is 10.0 Å². The van der Waals surface area contributed by atoms with Gasteiger partial charge in [0.2, 0.25) is 10.0 Å². The summed E-state index contributed by atoms with van der Waals surface area (Å²) in [5.74, 6) is -0.323. The Morgan fingerprint density at radius 1 is 1.40 bits per heavy atom. The van der Waals surface area contributed by atoms with E-state index in [-0.39, 0.29) is 28.5 Å². The minimum absolute atomic E-state index is 0.0596. The lowest BCUT2D eigenvalue weighted by Gasteiger charge is -2.34. The molecule has 0 aromatic heterocycles. The Morgan fingerprint density at radius 3 is 2.60 bits per heavy atom. The van der Waals surface area contributed by atoms with Gasteiger partial charge < -0.3 is 10.1 Å². The molecule has 3 N–H and O–H groups in total. The number of halogens is 1. The van der Waals surface area contributed by atoms with Gasteiger partial charge in [-0.15, -0.1) is 0 Å². The Hall–Kier alpha value is -0.960. The van der Waals surface area contributed by atoms with Gasteiger partial charge in [0, 0.05) is 23.2 Å². The molecular formula is C12H15BrN2O4S. The highest BCUT2D eigenvalue weighted by Gasteiger charge is 2.30. The van der Waals surface area contributed by atoms with Crippen LogP contribution in [0.25, 0.3) is 0 Å². The molecule has 110 valence electrons. The van der Waals surface area contributed by atoms with Crippen molar-refractivity contribution in [3.63, 3.8) is 0 Å². The molecule has 1 fully saturated rings. The van der Waals surface area contributed by atoms with Crippen LogP contribution in [0.15, 0.2) is 27.6 Å². The van der Waals surface area contributed by atoms with E-state index >= 15 is 0 Å². The third-order valence-electron chi connectivity index (χ3n) is 3.23. The highest BCUT2D eigenvalue weighted by Crippen LogP contribution is 2.24. The third kappa shape index (κ3) is 3.57. The summed E-state index contributed by atoms with van der Waals surface area (Å²) in [6, 6.07) is 4.23. The smallest absolute Gasteiger partial charge is 0.251 e. The maximum Gasteiger partial charge on any atom is 0.251 e. The second-order valence-corrected chi connectivity index (χ2v) is 7.20. The SMILES string of the molecule is COC1CC(NC(=O)c2cc(Br)cc(S(N)(=O)=O)c2)C1. The summed E-state index contributed by atoms with van der Waals surface area (Å²) in [6.45, 7) is 0. The van der Waals surface area contributed by atoms with Gasteiger partial charge in [0.1, 0.15) is 0 Å². The van der Waals surface area contributed by atoms with Gasteiger partial charge in [-0.2, -0.15) is 0 Å². The molecular weight excluding hydrogens is 348 g/mol. The maximum atomic E-state index is 12.1. The number of nitrogens with two attached hydrogens (primary N) is 1. The second kappa shape index (κ2) is 5.80. The molecule has 20 heavy (non-hydrogen) atoms. The van der Waals surface area contributed by atoms with Crippen LogP contribution >= 0.6 is 15.9 Å². The molecule has 1 aliphatic carbocycles. The first kappa shape index (κ1) is 15.4. The van der Waals surface area contributed by atoms with Crippen LogP contribution < -0.4 is 10.5 Å². The number of sulfonamides is 1. The molecule has 0 atom stereocenters. The van der Waals surface area contributed by atoms with E-state index in [4.69, 9.17) is 9.88 Å². The van der Waals surface area contributed by atoms with Crippen molar-refractivity contribution in [1.82, 2.24) is 5.32 Å². The molecule has 1 saturated carbocycles. The Labute approximate surface area is 125 Å². The van der Waals surface area contributed by atoms with Gasteiger partial charge in [-0.1, -0.05) is 15.9 Å². The summed E-state index contributed by atoms with van der Waals surface area (Å²) in [4.78, 5) is 12.0. The number of amides is 1. The lowest BCUT2D eigenvalue weighted by atomic mass is 9.89. The van der Waals surface area contributed by atoms with Gasteiger partial charge in [0.05, 0.1) is 11.0 Å². The van der Waals surface area contributed by atoms with E-state index in [0.29, 0.717) is 4.47 Å². The molecule has 0 spiro atoms. The predicted molar refractivity (Wildman–Crippen MR) is 76.8 cm³/mol. The number of rotatable bonds is 4. The van der Waals surface area contributed by atoms with Crippen LogP contribution in [0.3, 0.4) is 0 Å². The Morgan fingerprint density at radius 2 is 2.05 bits per heavy atom. The number of ether oxygens (including phenoxy) is 1. The topological polar surface area (TPSA) is 98.5 Å². The third-order valence-corrected chi connectivity index (χ3v) is 4.58. The number of hydrogen-bond acceptors (Lipinski definition) is 4. The summed E-state index contributed by atoms with van der Waals surface area (Å²) >= 11 is 3.17. The standard InChI is InChI=1S/C12H15BrN2O4S/c1-19-10-5-9(6-10)15-12(16)7-2-8(13)4-11(3-7)20(14,17)18/h2-4,9-10H,5-6H2,1H3,(H,15,16)(H2,14,17,18). The molecule has 0 saturated heterocycles. The molecule has 1 aromatic carbocycles. The molecule has 1 amide bonds. The van der Waals surface area contributed by atoms with Crippen LogP contribution in [0.2, 0.25) is 0 Å². The molecule has 0 aliphatic heterocycles. The number of hydrogen-bond donors (Lipinski definition) is 2. The van der Waals surface area contributed by atoms with E-state index in [9.17, 15) is 13.2 Å². The van der Waals surface area contributed by atoms with Gasteiger partial charge in [0.15, 0.2) is 0 Å². The van der Waals surface area contributed by atoms with Crippen molar-refractivity contribution >= 4 is 31.9 Å². The Bertz CT molecular complexity index is 626. The zero-order valence-corrected chi connectivity index (χ0v) is 13.2. The van der Waals surface area contributed by atoms with E-state index in [2.05, 4.69) is 21.2 Å². The second-order valence-electron chi connectivity index (χ2n) is 4.72. The molecule has 2 rings (SSSR count). The minimum atomic E-state index is -3.84. The zero-order chi connectivity index (χ0) is 14.9. The van der Waals surface area contributed by atoms with Gasteiger partial charge >= 0.3 is 0 Å². The fourth-order valence-corrected chi connectivity index (χ4v) is 3.23. The number of nitrogens with one attached hydrogen (secondary N) is 1. The van der Waals surface area contributed by atoms with E-state index in [1.807, 2.05) is 0 Å². The van der Waals surface area contributed by atoms with E-state index in [1.165, 1.54) is 12.1 Å². The molecule has 0 heterocycles. The molecule has 1 aliphatic rings. The summed E-state index contributed by atoms with van der Waals surface area (Å²) in [5, 5.41) is 7.90. The molecule has 1 aromatic rings. The summed E-state index contributed by atoms with van der Waals surface area (Å²) in [7, 11) is -2.21. The van der Waals surface area contributed by atoms with Crippen LogP contribution in [0, 0.1) is 0 Å². The lowest BCUT2D eigenvalue weighted by Crippen LogP contribution is -2.47. The number of primary sulfonamides is 1. The molecule has 0 bridgehead atoms. The van der Waals surface area contributed by atoms with Crippen molar-refractivity contribution in [2.24, 2.45) is 5.14 Å². The zero-order valence-electron chi connectivity index (χ0n) is 10.8. The monoisotopic (exact) mass is 362 g/mol. The number of methoxy groups -OCH3 is 1. The normalized spacial score (nSPS) is 22.1. The first-order chi connectivity index (χ1) is 9.29. The summed E-state index contributed by atoms with van der Waals surface area (Å²) in [6.07, 6.45) is 1.71. The quantitative estimate of drug-likeness (QED) is 0.834. The highest BCUT2D eigenvalue weighted by atomic mass is 79.9. The average molecular weight is 363 g/mol. The first-order valence-electron chi connectivity index (χ1n) is 5.96. The van der Waals surface area contributed by atoms with Crippen molar-refractivity contribution in [2.75, 3.05) is 7.11 Å². The summed E-state index contributed by atoms with van der Waals surface area (Å²) in [5.41, 5.74) is 0.254. The molecule has 0 unspecified atom stereocenters. The van der Waals surface area contributed by atoms with Crippen LogP contribution in [0.1, 0.15) is 23.2 Å². The fraction of sp³-hybridized carbons (Fsp3) is 0.417. The molecule has 0 radical (unpaired) electrons. The maximum absolute atomic E-state index is 12.1. The Kier molecular flexibility index (Phi) is 4.48. The number of carbonyl (C=O) groups is 1. The number of benzene rings is 1. The van der Waals surface area contributed by atoms with E-state index in [1.54, 1.807) is 13.2 Å². The fourth-order valence-electron chi connectivity index (χ4n) is 2.00. The van der Waals surface area contributed by atoms with Crippen molar-refractivity contribution in [1.29, 1.82) is 0 Å². The van der Waals surface area contributed by atoms with Crippen molar-refractivity contribution in [3.8, 4) is 0 Å². The minimum Gasteiger partial charge on any atom is -0.381 e. The first-order valence-corrected chi connectivity index (χ1v) is 8.30. The van der Waals surface area contributed by atoms with Crippen LogP contribution in [0.5, 0.6) is 0 Å².